The molecule has 1 aromatic heterocycles. The third-order valence-electron chi connectivity index (χ3n) is 6.26. The van der Waals surface area contributed by atoms with Crippen LogP contribution in [0, 0.1) is 5.92 Å². The number of halogens is 1. The van der Waals surface area contributed by atoms with Gasteiger partial charge in [0, 0.05) is 11.9 Å². The zero-order chi connectivity index (χ0) is 20.5. The Kier molecular flexibility index (Phi) is 5.30. The summed E-state index contributed by atoms with van der Waals surface area (Å²) in [5.74, 6) is 1.46. The summed E-state index contributed by atoms with van der Waals surface area (Å²) in [6.45, 7) is 0.638. The maximum atomic E-state index is 13.6. The molecule has 1 aliphatic heterocycles. The van der Waals surface area contributed by atoms with Crippen molar-refractivity contribution in [3.05, 3.63) is 53.2 Å². The van der Waals surface area contributed by atoms with Gasteiger partial charge in [-0.3, -0.25) is 4.79 Å². The van der Waals surface area contributed by atoms with Crippen LogP contribution in [0.25, 0.3) is 10.8 Å². The molecule has 0 atom stereocenters. The Hall–Kier alpha value is -2.66. The Labute approximate surface area is 181 Å². The van der Waals surface area contributed by atoms with Crippen LogP contribution in [-0.4, -0.2) is 22.6 Å². The summed E-state index contributed by atoms with van der Waals surface area (Å²) in [6, 6.07) is 13.5. The van der Waals surface area contributed by atoms with Crippen molar-refractivity contribution in [3.8, 4) is 11.6 Å². The Balaban J connectivity index is 1.54. The van der Waals surface area contributed by atoms with Crippen molar-refractivity contribution in [2.75, 3.05) is 11.4 Å². The first-order chi connectivity index (χ1) is 14.7. The monoisotopic (exact) mass is 421 g/mol. The fourth-order valence-corrected chi connectivity index (χ4v) is 4.91. The molecule has 2 aliphatic rings. The van der Waals surface area contributed by atoms with E-state index in [4.69, 9.17) is 16.3 Å². The van der Waals surface area contributed by atoms with Crippen LogP contribution >= 0.6 is 11.6 Å². The van der Waals surface area contributed by atoms with Gasteiger partial charge in [-0.1, -0.05) is 74.0 Å². The van der Waals surface area contributed by atoms with Gasteiger partial charge in [0.2, 0.25) is 0 Å². The lowest BCUT2D eigenvalue weighted by molar-refractivity contribution is 0.0985. The van der Waals surface area contributed by atoms with Gasteiger partial charge in [-0.05, 0) is 36.3 Å². The standard InChI is InChI=1S/C24H24ClN3O2/c25-21-15-19-23(27-26-21)30-20-13-12-17-10-4-5-11-18(17)22(20)28(24(19)29)14-6-9-16-7-2-1-3-8-16/h4-5,10-13,15-16H,1-3,6-9,14H2. The molecule has 1 amide bonds. The van der Waals surface area contributed by atoms with Gasteiger partial charge in [0.25, 0.3) is 11.8 Å². The number of carbonyl (C=O) groups is 1. The predicted octanol–water partition coefficient (Wildman–Crippen LogP) is 6.40. The molecule has 154 valence electrons. The zero-order valence-corrected chi connectivity index (χ0v) is 17.6. The summed E-state index contributed by atoms with van der Waals surface area (Å²) < 4.78 is 6.07. The number of amides is 1. The average molecular weight is 422 g/mol. The normalized spacial score (nSPS) is 16.7. The molecule has 3 aromatic rings. The van der Waals surface area contributed by atoms with Crippen LogP contribution in [-0.2, 0) is 0 Å². The Morgan fingerprint density at radius 3 is 2.77 bits per heavy atom. The quantitative estimate of drug-likeness (QED) is 0.489. The molecule has 1 fully saturated rings. The van der Waals surface area contributed by atoms with Gasteiger partial charge in [-0.2, -0.15) is 0 Å². The van der Waals surface area contributed by atoms with Crippen molar-refractivity contribution in [2.45, 2.75) is 44.9 Å². The summed E-state index contributed by atoms with van der Waals surface area (Å²) in [7, 11) is 0. The fraction of sp³-hybridized carbons (Fsp3) is 0.375. The second-order valence-corrected chi connectivity index (χ2v) is 8.61. The Morgan fingerprint density at radius 1 is 1.07 bits per heavy atom. The summed E-state index contributed by atoms with van der Waals surface area (Å²) in [5.41, 5.74) is 1.16. The molecule has 2 aromatic carbocycles. The lowest BCUT2D eigenvalue weighted by atomic mass is 9.86. The number of carbonyl (C=O) groups excluding carboxylic acids is 1. The molecule has 5 nitrogen and oxygen atoms in total. The number of fused-ring (bicyclic) bond motifs is 4. The van der Waals surface area contributed by atoms with Crippen LogP contribution in [0.5, 0.6) is 11.6 Å². The Bertz CT molecular complexity index is 1100. The number of hydrogen-bond donors (Lipinski definition) is 0. The van der Waals surface area contributed by atoms with E-state index in [0.717, 1.165) is 35.2 Å². The molecule has 0 radical (unpaired) electrons. The second kappa shape index (κ2) is 8.23. The number of rotatable bonds is 4. The largest absolute Gasteiger partial charge is 0.435 e. The van der Waals surface area contributed by atoms with Crippen molar-refractivity contribution in [1.82, 2.24) is 10.2 Å². The van der Waals surface area contributed by atoms with Crippen LogP contribution in [0.3, 0.4) is 0 Å². The summed E-state index contributed by atoms with van der Waals surface area (Å²) >= 11 is 6.06. The van der Waals surface area contributed by atoms with Crippen LogP contribution in [0.2, 0.25) is 5.15 Å². The number of aromatic nitrogens is 2. The lowest BCUT2D eigenvalue weighted by Crippen LogP contribution is -2.32. The van der Waals surface area contributed by atoms with Crippen LogP contribution in [0.1, 0.15) is 55.3 Å². The van der Waals surface area contributed by atoms with Crippen LogP contribution in [0.4, 0.5) is 5.69 Å². The van der Waals surface area contributed by atoms with E-state index in [1.165, 1.54) is 32.1 Å². The molecule has 1 aliphatic carbocycles. The third kappa shape index (κ3) is 3.63. The van der Waals surface area contributed by atoms with Gasteiger partial charge in [0.05, 0.1) is 5.69 Å². The first-order valence-electron chi connectivity index (χ1n) is 10.8. The van der Waals surface area contributed by atoms with E-state index in [0.29, 0.717) is 17.9 Å². The first kappa shape index (κ1) is 19.3. The molecule has 0 unspecified atom stereocenters. The second-order valence-electron chi connectivity index (χ2n) is 8.22. The minimum Gasteiger partial charge on any atom is -0.435 e. The molecule has 2 heterocycles. The smallest absolute Gasteiger partial charge is 0.264 e. The van der Waals surface area contributed by atoms with E-state index < -0.39 is 0 Å². The van der Waals surface area contributed by atoms with E-state index >= 15 is 0 Å². The van der Waals surface area contributed by atoms with Gasteiger partial charge < -0.3 is 9.64 Å². The number of hydrogen-bond acceptors (Lipinski definition) is 4. The van der Waals surface area contributed by atoms with E-state index in [9.17, 15) is 4.79 Å². The van der Waals surface area contributed by atoms with Gasteiger partial charge in [0.1, 0.15) is 5.56 Å². The highest BCUT2D eigenvalue weighted by atomic mass is 35.5. The molecule has 6 heteroatoms. The third-order valence-corrected chi connectivity index (χ3v) is 6.45. The highest BCUT2D eigenvalue weighted by Gasteiger charge is 2.31. The predicted molar refractivity (Wildman–Crippen MR) is 119 cm³/mol. The zero-order valence-electron chi connectivity index (χ0n) is 16.8. The topological polar surface area (TPSA) is 55.3 Å². The highest BCUT2D eigenvalue weighted by Crippen LogP contribution is 2.43. The van der Waals surface area contributed by atoms with Crippen LogP contribution < -0.4 is 9.64 Å². The highest BCUT2D eigenvalue weighted by molar-refractivity contribution is 6.30. The van der Waals surface area contributed by atoms with E-state index in [1.807, 2.05) is 35.2 Å². The first-order valence-corrected chi connectivity index (χ1v) is 11.1. The molecule has 0 bridgehead atoms. The number of benzene rings is 2. The maximum absolute atomic E-state index is 13.6. The minimum absolute atomic E-state index is 0.138. The van der Waals surface area contributed by atoms with E-state index in [1.54, 1.807) is 6.07 Å². The van der Waals surface area contributed by atoms with Crippen molar-refractivity contribution in [3.63, 3.8) is 0 Å². The van der Waals surface area contributed by atoms with Gasteiger partial charge in [0.15, 0.2) is 10.9 Å². The average Bonchev–Trinajstić information content (AvgIpc) is 2.89. The van der Waals surface area contributed by atoms with Gasteiger partial charge in [-0.25, -0.2) is 0 Å². The summed E-state index contributed by atoms with van der Waals surface area (Å²) in [4.78, 5) is 15.4. The van der Waals surface area contributed by atoms with Crippen LogP contribution in [0.15, 0.2) is 42.5 Å². The van der Waals surface area contributed by atoms with E-state index in [-0.39, 0.29) is 16.9 Å². The number of nitrogens with zero attached hydrogens (tertiary/aromatic N) is 3. The molecule has 0 saturated heterocycles. The molecular weight excluding hydrogens is 398 g/mol. The van der Waals surface area contributed by atoms with Crippen molar-refractivity contribution >= 4 is 34.0 Å². The molecule has 5 rings (SSSR count). The summed E-state index contributed by atoms with van der Waals surface area (Å²) in [6.07, 6.45) is 8.75. The molecule has 1 saturated carbocycles. The lowest BCUT2D eigenvalue weighted by Gasteiger charge is -2.26. The number of ether oxygens (including phenoxy) is 1. The number of anilines is 1. The van der Waals surface area contributed by atoms with Gasteiger partial charge >= 0.3 is 0 Å². The Morgan fingerprint density at radius 2 is 1.90 bits per heavy atom. The van der Waals surface area contributed by atoms with Crippen molar-refractivity contribution < 1.29 is 9.53 Å². The fourth-order valence-electron chi connectivity index (χ4n) is 4.76. The SMILES string of the molecule is O=C1c2cc(Cl)nnc2Oc2ccc3ccccc3c2N1CCCC1CCCCC1. The van der Waals surface area contributed by atoms with Gasteiger partial charge in [-0.15, -0.1) is 10.2 Å². The molecule has 30 heavy (non-hydrogen) atoms. The molecule has 0 spiro atoms. The molecular formula is C24H24ClN3O2. The minimum atomic E-state index is -0.138. The van der Waals surface area contributed by atoms with Crippen molar-refractivity contribution in [2.24, 2.45) is 5.92 Å². The van der Waals surface area contributed by atoms with Crippen molar-refractivity contribution in [1.29, 1.82) is 0 Å². The maximum Gasteiger partial charge on any atom is 0.264 e. The molecule has 0 N–H and O–H groups in total. The summed E-state index contributed by atoms with van der Waals surface area (Å²) in [5, 5.41) is 10.2. The van der Waals surface area contributed by atoms with E-state index in [2.05, 4.69) is 16.3 Å².